The molecule has 0 saturated heterocycles. The number of aromatic nitrogens is 2. The van der Waals surface area contributed by atoms with Gasteiger partial charge >= 0.3 is 0 Å². The van der Waals surface area contributed by atoms with Crippen molar-refractivity contribution in [3.8, 4) is 11.5 Å². The largest absolute Gasteiger partial charge is 0.504 e. The number of carbonyl (C=O) groups is 2. The summed E-state index contributed by atoms with van der Waals surface area (Å²) < 4.78 is 5.01. The number of amides is 2. The maximum Gasteiger partial charge on any atom is 0.257 e. The maximum atomic E-state index is 12.2. The molecule has 0 saturated carbocycles. The average molecular weight is 446 g/mol. The first-order valence-corrected chi connectivity index (χ1v) is 9.73. The van der Waals surface area contributed by atoms with E-state index in [9.17, 15) is 14.7 Å². The summed E-state index contributed by atoms with van der Waals surface area (Å²) in [7, 11) is 1.44. The Kier molecular flexibility index (Phi) is 6.94. The van der Waals surface area contributed by atoms with Crippen molar-refractivity contribution in [1.29, 1.82) is 0 Å². The highest BCUT2D eigenvalue weighted by Gasteiger charge is 2.12. The molecule has 0 bridgehead atoms. The molecular weight excluding hydrogens is 430 g/mol. The summed E-state index contributed by atoms with van der Waals surface area (Å²) in [5.41, 5.74) is 3.15. The van der Waals surface area contributed by atoms with E-state index in [0.717, 1.165) is 11.3 Å². The number of methoxy groups -OCH3 is 1. The van der Waals surface area contributed by atoms with Gasteiger partial charge in [-0.25, -0.2) is 5.43 Å². The van der Waals surface area contributed by atoms with Crippen molar-refractivity contribution in [2.45, 2.75) is 6.42 Å². The van der Waals surface area contributed by atoms with Crippen LogP contribution in [0.1, 0.15) is 20.9 Å². The number of anilines is 1. The van der Waals surface area contributed by atoms with E-state index in [1.165, 1.54) is 13.3 Å². The Morgan fingerprint density at radius 3 is 2.73 bits per heavy atom. The molecule has 0 aliphatic carbocycles. The molecule has 0 atom stereocenters. The molecule has 3 aromatic rings. The van der Waals surface area contributed by atoms with E-state index in [-0.39, 0.29) is 23.2 Å². The van der Waals surface area contributed by atoms with Crippen molar-refractivity contribution in [1.82, 2.24) is 15.6 Å². The third-order valence-corrected chi connectivity index (χ3v) is 4.84. The standard InChI is InChI=1S/C19H16ClN5O4S/c1-29-14-4-2-3-12(17(14)27)10-21-23-15(26)9-16-24-25-19(30-16)22-18(28)11-5-7-13(20)8-6-11/h2-8,10,27H,9H2,1H3,(H,23,26)(H,22,25,28)/b21-10-. The molecule has 1 heterocycles. The second-order valence-electron chi connectivity index (χ2n) is 5.83. The zero-order chi connectivity index (χ0) is 21.5. The second kappa shape index (κ2) is 9.81. The van der Waals surface area contributed by atoms with Crippen molar-refractivity contribution in [2.75, 3.05) is 12.4 Å². The number of hydrazone groups is 1. The molecule has 1 aromatic heterocycles. The molecule has 0 fully saturated rings. The number of rotatable bonds is 7. The molecule has 0 aliphatic rings. The van der Waals surface area contributed by atoms with Gasteiger partial charge in [-0.15, -0.1) is 10.2 Å². The van der Waals surface area contributed by atoms with Crippen LogP contribution in [0, 0.1) is 0 Å². The molecule has 9 nitrogen and oxygen atoms in total. The number of phenolic OH excluding ortho intramolecular Hbond substituents is 1. The van der Waals surface area contributed by atoms with Crippen molar-refractivity contribution in [2.24, 2.45) is 5.10 Å². The number of para-hydroxylation sites is 1. The molecule has 11 heteroatoms. The lowest BCUT2D eigenvalue weighted by molar-refractivity contribution is -0.120. The summed E-state index contributed by atoms with van der Waals surface area (Å²) in [6.07, 6.45) is 1.23. The van der Waals surface area contributed by atoms with E-state index in [4.69, 9.17) is 16.3 Å². The van der Waals surface area contributed by atoms with Gasteiger partial charge in [0, 0.05) is 16.1 Å². The third kappa shape index (κ3) is 5.52. The van der Waals surface area contributed by atoms with E-state index < -0.39 is 5.91 Å². The van der Waals surface area contributed by atoms with Crippen LogP contribution in [0.5, 0.6) is 11.5 Å². The molecule has 3 rings (SSSR count). The number of nitrogens with zero attached hydrogens (tertiary/aromatic N) is 3. The highest BCUT2D eigenvalue weighted by atomic mass is 35.5. The Balaban J connectivity index is 1.53. The van der Waals surface area contributed by atoms with E-state index in [1.54, 1.807) is 42.5 Å². The van der Waals surface area contributed by atoms with Crippen LogP contribution in [0.2, 0.25) is 5.02 Å². The minimum atomic E-state index is -0.430. The molecule has 2 amide bonds. The molecule has 0 spiro atoms. The quantitative estimate of drug-likeness (QED) is 0.379. The van der Waals surface area contributed by atoms with E-state index in [0.29, 0.717) is 26.9 Å². The predicted octanol–water partition coefficient (Wildman–Crippen LogP) is 2.85. The third-order valence-electron chi connectivity index (χ3n) is 3.75. The number of hydrogen-bond donors (Lipinski definition) is 3. The molecular formula is C19H16ClN5O4S. The summed E-state index contributed by atoms with van der Waals surface area (Å²) >= 11 is 6.88. The van der Waals surface area contributed by atoms with Gasteiger partial charge in [-0.3, -0.25) is 14.9 Å². The average Bonchev–Trinajstić information content (AvgIpc) is 3.16. The minimum absolute atomic E-state index is 0.0735. The van der Waals surface area contributed by atoms with Crippen molar-refractivity contribution in [3.05, 3.63) is 63.6 Å². The fraction of sp³-hybridized carbons (Fsp3) is 0.105. The number of benzene rings is 2. The minimum Gasteiger partial charge on any atom is -0.504 e. The van der Waals surface area contributed by atoms with Gasteiger partial charge in [0.05, 0.1) is 19.7 Å². The van der Waals surface area contributed by atoms with Crippen LogP contribution in [0.3, 0.4) is 0 Å². The Morgan fingerprint density at radius 1 is 1.23 bits per heavy atom. The van der Waals surface area contributed by atoms with Gasteiger partial charge in [-0.05, 0) is 36.4 Å². The Hall–Kier alpha value is -3.50. The van der Waals surface area contributed by atoms with Gasteiger partial charge in [0.15, 0.2) is 11.5 Å². The molecule has 30 heavy (non-hydrogen) atoms. The van der Waals surface area contributed by atoms with Crippen LogP contribution in [0.15, 0.2) is 47.6 Å². The number of ether oxygens (including phenoxy) is 1. The number of aromatic hydroxyl groups is 1. The van der Waals surface area contributed by atoms with Crippen LogP contribution >= 0.6 is 22.9 Å². The van der Waals surface area contributed by atoms with Gasteiger partial charge < -0.3 is 9.84 Å². The van der Waals surface area contributed by atoms with E-state index in [1.807, 2.05) is 0 Å². The second-order valence-corrected chi connectivity index (χ2v) is 7.33. The Morgan fingerprint density at radius 2 is 2.00 bits per heavy atom. The lowest BCUT2D eigenvalue weighted by Crippen LogP contribution is -2.19. The number of hydrogen-bond acceptors (Lipinski definition) is 8. The monoisotopic (exact) mass is 445 g/mol. The van der Waals surface area contributed by atoms with Crippen molar-refractivity contribution < 1.29 is 19.4 Å². The normalized spacial score (nSPS) is 10.7. The van der Waals surface area contributed by atoms with Crippen LogP contribution < -0.4 is 15.5 Å². The highest BCUT2D eigenvalue weighted by Crippen LogP contribution is 2.27. The first-order valence-electron chi connectivity index (χ1n) is 8.53. The molecule has 0 radical (unpaired) electrons. The number of halogens is 1. The Bertz CT molecular complexity index is 1080. The number of nitrogens with one attached hydrogen (secondary N) is 2. The predicted molar refractivity (Wildman–Crippen MR) is 113 cm³/mol. The Labute approximate surface area is 180 Å². The lowest BCUT2D eigenvalue weighted by atomic mass is 10.2. The SMILES string of the molecule is COc1cccc(/C=N\NC(=O)Cc2nnc(NC(=O)c3ccc(Cl)cc3)s2)c1O. The zero-order valence-corrected chi connectivity index (χ0v) is 17.2. The van der Waals surface area contributed by atoms with Gasteiger partial charge in [0.2, 0.25) is 11.0 Å². The van der Waals surface area contributed by atoms with Crippen LogP contribution in [-0.2, 0) is 11.2 Å². The topological polar surface area (TPSA) is 126 Å². The molecule has 154 valence electrons. The van der Waals surface area contributed by atoms with Gasteiger partial charge in [0.1, 0.15) is 5.01 Å². The van der Waals surface area contributed by atoms with Crippen molar-refractivity contribution >= 4 is 46.1 Å². The number of phenols is 1. The summed E-state index contributed by atoms with van der Waals surface area (Å²) in [5.74, 6) is -0.572. The highest BCUT2D eigenvalue weighted by molar-refractivity contribution is 7.15. The summed E-state index contributed by atoms with van der Waals surface area (Å²) in [5, 5.41) is 25.3. The van der Waals surface area contributed by atoms with Crippen LogP contribution in [0.25, 0.3) is 0 Å². The van der Waals surface area contributed by atoms with E-state index >= 15 is 0 Å². The van der Waals surface area contributed by atoms with Gasteiger partial charge in [0.25, 0.3) is 5.91 Å². The molecule has 0 aliphatic heterocycles. The number of carbonyl (C=O) groups excluding carboxylic acids is 2. The first kappa shape index (κ1) is 21.2. The smallest absolute Gasteiger partial charge is 0.257 e. The van der Waals surface area contributed by atoms with Crippen LogP contribution in [-0.4, -0.2) is 40.4 Å². The first-order chi connectivity index (χ1) is 14.5. The van der Waals surface area contributed by atoms with Crippen LogP contribution in [0.4, 0.5) is 5.13 Å². The van der Waals surface area contributed by atoms with Gasteiger partial charge in [-0.2, -0.15) is 5.10 Å². The molecule has 3 N–H and O–H groups in total. The summed E-state index contributed by atoms with van der Waals surface area (Å²) in [4.78, 5) is 24.2. The fourth-order valence-corrected chi connectivity index (χ4v) is 3.16. The lowest BCUT2D eigenvalue weighted by Gasteiger charge is -2.04. The van der Waals surface area contributed by atoms with Crippen molar-refractivity contribution in [3.63, 3.8) is 0 Å². The molecule has 2 aromatic carbocycles. The van der Waals surface area contributed by atoms with E-state index in [2.05, 4.69) is 26.0 Å². The van der Waals surface area contributed by atoms with Gasteiger partial charge in [-0.1, -0.05) is 29.0 Å². The summed E-state index contributed by atoms with van der Waals surface area (Å²) in [6, 6.07) is 11.3. The summed E-state index contributed by atoms with van der Waals surface area (Å²) in [6.45, 7) is 0. The fourth-order valence-electron chi connectivity index (χ4n) is 2.30. The maximum absolute atomic E-state index is 12.2. The zero-order valence-electron chi connectivity index (χ0n) is 15.6. The molecule has 0 unspecified atom stereocenters.